The van der Waals surface area contributed by atoms with Crippen LogP contribution in [0.25, 0.3) is 16.3 Å². The molecule has 2 rings (SSSR count). The number of halogens is 1. The Hall–Kier alpha value is -2.23. The Bertz CT molecular complexity index is 660. The minimum absolute atomic E-state index is 0.272. The summed E-state index contributed by atoms with van der Waals surface area (Å²) in [6.45, 7) is 1.91. The topological polar surface area (TPSA) is 37.3 Å². The molecule has 0 unspecified atom stereocenters. The number of nitrogens with zero attached hydrogens (tertiary/aromatic N) is 2. The van der Waals surface area contributed by atoms with E-state index in [1.807, 2.05) is 25.1 Å². The Morgan fingerprint density at radius 2 is 2.16 bits per heavy atom. The molecule has 0 saturated carbocycles. The molecular weight excluding hydrogens is 241 g/mol. The van der Waals surface area contributed by atoms with Crippen LogP contribution in [-0.2, 0) is 0 Å². The number of allylic oxidation sites excluding steroid dienone is 2. The van der Waals surface area contributed by atoms with Crippen LogP contribution in [0.1, 0.15) is 12.5 Å². The van der Waals surface area contributed by atoms with Gasteiger partial charge in [0.2, 0.25) is 0 Å². The Labute approximate surface area is 111 Å². The lowest BCUT2D eigenvalue weighted by Gasteiger charge is -2.07. The summed E-state index contributed by atoms with van der Waals surface area (Å²) in [5.41, 5.74) is 1.71. The first-order valence-corrected chi connectivity index (χ1v) is 6.05. The number of rotatable bonds is 3. The first-order chi connectivity index (χ1) is 9.19. The number of hydrogen-bond donors (Lipinski definition) is 1. The number of fused-ring (bicyclic) bond motifs is 1. The molecule has 1 aromatic heterocycles. The van der Waals surface area contributed by atoms with Gasteiger partial charge >= 0.3 is 0 Å². The number of benzene rings is 1. The van der Waals surface area contributed by atoms with E-state index in [2.05, 4.69) is 15.3 Å². The molecule has 0 radical (unpaired) electrons. The summed E-state index contributed by atoms with van der Waals surface area (Å²) >= 11 is 0. The smallest absolute Gasteiger partial charge is 0.133 e. The number of hydrogen-bond acceptors (Lipinski definition) is 3. The van der Waals surface area contributed by atoms with E-state index in [9.17, 15) is 4.39 Å². The van der Waals surface area contributed by atoms with Crippen molar-refractivity contribution in [3.63, 3.8) is 0 Å². The van der Waals surface area contributed by atoms with Gasteiger partial charge in [0.25, 0.3) is 0 Å². The van der Waals surface area contributed by atoms with Gasteiger partial charge in [0.15, 0.2) is 0 Å². The molecule has 3 nitrogen and oxygen atoms in total. The van der Waals surface area contributed by atoms with Crippen molar-refractivity contribution in [3.05, 3.63) is 41.9 Å². The van der Waals surface area contributed by atoms with Crippen molar-refractivity contribution in [1.82, 2.24) is 4.98 Å². The van der Waals surface area contributed by atoms with Crippen molar-refractivity contribution < 1.29 is 4.39 Å². The number of anilines is 1. The first kappa shape index (κ1) is 13.2. The molecule has 0 fully saturated rings. The number of aliphatic imine (C=N–C) groups is 1. The second-order valence-corrected chi connectivity index (χ2v) is 4.13. The second kappa shape index (κ2) is 5.61. The van der Waals surface area contributed by atoms with Crippen molar-refractivity contribution in [2.24, 2.45) is 4.99 Å². The van der Waals surface area contributed by atoms with Crippen LogP contribution in [0, 0.1) is 5.82 Å². The van der Waals surface area contributed by atoms with Crippen LogP contribution >= 0.6 is 0 Å². The fourth-order valence-corrected chi connectivity index (χ4v) is 1.97. The molecule has 0 amide bonds. The summed E-state index contributed by atoms with van der Waals surface area (Å²) in [6.07, 6.45) is 5.18. The SMILES string of the molecule is C/C=C(\C=NC)c1cc(F)c2cnc(NC)cc2c1. The Morgan fingerprint density at radius 3 is 2.79 bits per heavy atom. The van der Waals surface area contributed by atoms with Crippen LogP contribution in [0.2, 0.25) is 0 Å². The van der Waals surface area contributed by atoms with Gasteiger partial charge in [-0.2, -0.15) is 0 Å². The van der Waals surface area contributed by atoms with Crippen LogP contribution in [0.5, 0.6) is 0 Å². The van der Waals surface area contributed by atoms with Crippen molar-refractivity contribution in [2.75, 3.05) is 19.4 Å². The third kappa shape index (κ3) is 2.62. The molecule has 0 spiro atoms. The average Bonchev–Trinajstić information content (AvgIpc) is 2.43. The maximum Gasteiger partial charge on any atom is 0.133 e. The normalized spacial score (nSPS) is 12.3. The standard InChI is InChI=1S/C15H16FN3/c1-4-10(8-17-2)11-5-12-7-15(18-3)19-9-13(12)14(16)6-11/h4-9H,1-3H3,(H,18,19)/b10-4+,17-8?. The Balaban J connectivity index is 2.65. The summed E-state index contributed by atoms with van der Waals surface area (Å²) in [7, 11) is 3.49. The molecule has 0 atom stereocenters. The molecule has 98 valence electrons. The third-order valence-corrected chi connectivity index (χ3v) is 2.96. The Kier molecular flexibility index (Phi) is 3.90. The molecule has 1 heterocycles. The number of aromatic nitrogens is 1. The number of nitrogens with one attached hydrogen (secondary N) is 1. The molecule has 4 heteroatoms. The van der Waals surface area contributed by atoms with E-state index in [1.54, 1.807) is 26.5 Å². The lowest BCUT2D eigenvalue weighted by molar-refractivity contribution is 0.639. The van der Waals surface area contributed by atoms with Gasteiger partial charge in [-0.25, -0.2) is 9.37 Å². The maximum atomic E-state index is 14.1. The van der Waals surface area contributed by atoms with Gasteiger partial charge in [0.1, 0.15) is 11.6 Å². The van der Waals surface area contributed by atoms with Crippen LogP contribution in [0.15, 0.2) is 35.5 Å². The maximum absolute atomic E-state index is 14.1. The van der Waals surface area contributed by atoms with E-state index in [1.165, 1.54) is 6.07 Å². The van der Waals surface area contributed by atoms with Crippen LogP contribution in [0.3, 0.4) is 0 Å². The second-order valence-electron chi connectivity index (χ2n) is 4.13. The summed E-state index contributed by atoms with van der Waals surface area (Å²) in [5, 5.41) is 4.29. The van der Waals surface area contributed by atoms with E-state index in [0.717, 1.165) is 22.3 Å². The lowest BCUT2D eigenvalue weighted by atomic mass is 10.0. The van der Waals surface area contributed by atoms with Gasteiger partial charge in [-0.1, -0.05) is 6.08 Å². The van der Waals surface area contributed by atoms with E-state index in [4.69, 9.17) is 0 Å². The monoisotopic (exact) mass is 257 g/mol. The summed E-state index contributed by atoms with van der Waals surface area (Å²) in [6, 6.07) is 5.29. The summed E-state index contributed by atoms with van der Waals surface area (Å²) in [5.74, 6) is 0.446. The molecule has 2 aromatic rings. The highest BCUT2D eigenvalue weighted by atomic mass is 19.1. The molecular formula is C15H16FN3. The number of pyridine rings is 1. The van der Waals surface area contributed by atoms with Crippen molar-refractivity contribution in [3.8, 4) is 0 Å². The van der Waals surface area contributed by atoms with Gasteiger partial charge in [-0.3, -0.25) is 4.99 Å². The van der Waals surface area contributed by atoms with Crippen LogP contribution in [0.4, 0.5) is 10.2 Å². The zero-order valence-electron chi connectivity index (χ0n) is 11.2. The van der Waals surface area contributed by atoms with Crippen LogP contribution in [-0.4, -0.2) is 25.3 Å². The summed E-state index contributed by atoms with van der Waals surface area (Å²) < 4.78 is 14.1. The quantitative estimate of drug-likeness (QED) is 0.854. The predicted molar refractivity (Wildman–Crippen MR) is 79.3 cm³/mol. The highest BCUT2D eigenvalue weighted by molar-refractivity contribution is 6.10. The van der Waals surface area contributed by atoms with E-state index < -0.39 is 0 Å². The van der Waals surface area contributed by atoms with Gasteiger partial charge in [0.05, 0.1) is 0 Å². The first-order valence-electron chi connectivity index (χ1n) is 6.05. The predicted octanol–water partition coefficient (Wildman–Crippen LogP) is 3.52. The molecule has 0 aliphatic heterocycles. The van der Waals surface area contributed by atoms with Gasteiger partial charge in [0, 0.05) is 31.9 Å². The zero-order chi connectivity index (χ0) is 13.8. The molecule has 0 bridgehead atoms. The van der Waals surface area contributed by atoms with E-state index in [-0.39, 0.29) is 5.82 Å². The highest BCUT2D eigenvalue weighted by Crippen LogP contribution is 2.25. The van der Waals surface area contributed by atoms with Crippen LogP contribution < -0.4 is 5.32 Å². The minimum Gasteiger partial charge on any atom is -0.373 e. The van der Waals surface area contributed by atoms with Gasteiger partial charge < -0.3 is 5.32 Å². The largest absolute Gasteiger partial charge is 0.373 e. The zero-order valence-corrected chi connectivity index (χ0v) is 11.2. The third-order valence-electron chi connectivity index (χ3n) is 2.96. The Morgan fingerprint density at radius 1 is 1.37 bits per heavy atom. The molecule has 0 aliphatic carbocycles. The minimum atomic E-state index is -0.272. The van der Waals surface area contributed by atoms with Crippen molar-refractivity contribution >= 4 is 28.4 Å². The van der Waals surface area contributed by atoms with E-state index in [0.29, 0.717) is 5.39 Å². The molecule has 1 N–H and O–H groups in total. The van der Waals surface area contributed by atoms with E-state index >= 15 is 0 Å². The van der Waals surface area contributed by atoms with Gasteiger partial charge in [-0.05, 0) is 41.6 Å². The summed E-state index contributed by atoms with van der Waals surface area (Å²) in [4.78, 5) is 8.11. The fourth-order valence-electron chi connectivity index (χ4n) is 1.97. The average molecular weight is 257 g/mol. The highest BCUT2D eigenvalue weighted by Gasteiger charge is 2.07. The molecule has 1 aromatic carbocycles. The molecule has 19 heavy (non-hydrogen) atoms. The fraction of sp³-hybridized carbons (Fsp3) is 0.200. The van der Waals surface area contributed by atoms with Gasteiger partial charge in [-0.15, -0.1) is 0 Å². The van der Waals surface area contributed by atoms with Crippen molar-refractivity contribution in [1.29, 1.82) is 0 Å². The molecule has 0 aliphatic rings. The van der Waals surface area contributed by atoms with Crippen molar-refractivity contribution in [2.45, 2.75) is 6.92 Å². The molecule has 0 saturated heterocycles. The lowest BCUT2D eigenvalue weighted by Crippen LogP contribution is -1.94.